The first-order chi connectivity index (χ1) is 12.0. The molecule has 1 aliphatic carbocycles. The Balaban J connectivity index is 1.73. The summed E-state index contributed by atoms with van der Waals surface area (Å²) in [5.74, 6) is 2.24. The Morgan fingerprint density at radius 2 is 2.08 bits per heavy atom. The van der Waals surface area contributed by atoms with Gasteiger partial charge in [0.15, 0.2) is 0 Å². The maximum absolute atomic E-state index is 12.3. The molecule has 1 amide bonds. The van der Waals surface area contributed by atoms with Gasteiger partial charge in [0.25, 0.3) is 0 Å². The number of carbonyl (C=O) groups excluding carboxylic acids is 1. The first kappa shape index (κ1) is 14.8. The molecule has 3 heterocycles. The molecular weight excluding hydrogens is 314 g/mol. The van der Waals surface area contributed by atoms with E-state index in [-0.39, 0.29) is 11.8 Å². The summed E-state index contributed by atoms with van der Waals surface area (Å²) >= 11 is 0. The van der Waals surface area contributed by atoms with E-state index >= 15 is 0 Å². The Labute approximate surface area is 146 Å². The lowest BCUT2D eigenvalue weighted by Crippen LogP contribution is -2.25. The molecule has 1 N–H and O–H groups in total. The van der Waals surface area contributed by atoms with E-state index in [9.17, 15) is 4.79 Å². The molecule has 1 saturated carbocycles. The topological polar surface area (TPSA) is 60.1 Å². The van der Waals surface area contributed by atoms with Crippen molar-refractivity contribution in [2.75, 3.05) is 5.32 Å². The highest BCUT2D eigenvalue weighted by Crippen LogP contribution is 2.49. The van der Waals surface area contributed by atoms with Crippen molar-refractivity contribution in [3.63, 3.8) is 0 Å². The van der Waals surface area contributed by atoms with Crippen molar-refractivity contribution in [3.05, 3.63) is 46.3 Å². The molecule has 128 valence electrons. The standard InChI is InChI=1S/C20H21N3O2/c1-10-4-7-15-13(8-10)11(2)19(25-15)14-9-16(24)21-20-17(14)18(12-5-6-12)22-23(20)3/h4,7-8,12,14H,5-6,9H2,1-3H3,(H,21,24)/t14-/m0/s1. The molecule has 1 atom stereocenters. The number of fused-ring (bicyclic) bond motifs is 2. The smallest absolute Gasteiger partial charge is 0.226 e. The molecule has 3 aromatic rings. The van der Waals surface area contributed by atoms with Crippen LogP contribution in [0, 0.1) is 13.8 Å². The number of nitrogens with one attached hydrogen (secondary N) is 1. The Hall–Kier alpha value is -2.56. The first-order valence-electron chi connectivity index (χ1n) is 8.89. The maximum atomic E-state index is 12.3. The highest BCUT2D eigenvalue weighted by Gasteiger charge is 2.40. The van der Waals surface area contributed by atoms with Gasteiger partial charge >= 0.3 is 0 Å². The normalized spacial score (nSPS) is 20.0. The van der Waals surface area contributed by atoms with Crippen molar-refractivity contribution in [3.8, 4) is 0 Å². The van der Waals surface area contributed by atoms with Gasteiger partial charge in [-0.25, -0.2) is 0 Å². The molecule has 1 fully saturated rings. The van der Waals surface area contributed by atoms with Crippen LogP contribution in [0.5, 0.6) is 0 Å². The summed E-state index contributed by atoms with van der Waals surface area (Å²) in [7, 11) is 1.90. The minimum atomic E-state index is -0.0549. The molecule has 0 bridgehead atoms. The molecule has 5 heteroatoms. The second-order valence-electron chi connectivity index (χ2n) is 7.44. The fourth-order valence-corrected chi connectivity index (χ4v) is 4.09. The monoisotopic (exact) mass is 335 g/mol. The van der Waals surface area contributed by atoms with Crippen LogP contribution in [0.3, 0.4) is 0 Å². The number of anilines is 1. The number of furan rings is 1. The fourth-order valence-electron chi connectivity index (χ4n) is 4.09. The SMILES string of the molecule is Cc1ccc2oc([C@H]3CC(=O)Nc4c3c(C3CC3)nn4C)c(C)c2c1. The van der Waals surface area contributed by atoms with Gasteiger partial charge in [-0.05, 0) is 44.4 Å². The number of benzene rings is 1. The fraction of sp³-hybridized carbons (Fsp3) is 0.400. The number of hydrogen-bond acceptors (Lipinski definition) is 3. The Morgan fingerprint density at radius 1 is 1.28 bits per heavy atom. The zero-order valence-corrected chi connectivity index (χ0v) is 14.7. The van der Waals surface area contributed by atoms with Crippen molar-refractivity contribution in [1.82, 2.24) is 9.78 Å². The van der Waals surface area contributed by atoms with Gasteiger partial charge in [-0.2, -0.15) is 5.10 Å². The van der Waals surface area contributed by atoms with Crippen LogP contribution >= 0.6 is 0 Å². The summed E-state index contributed by atoms with van der Waals surface area (Å²) in [6.07, 6.45) is 2.78. The van der Waals surface area contributed by atoms with Gasteiger partial charge in [0, 0.05) is 30.3 Å². The van der Waals surface area contributed by atoms with Crippen LogP contribution in [0.1, 0.15) is 59.2 Å². The van der Waals surface area contributed by atoms with E-state index < -0.39 is 0 Å². The molecule has 5 nitrogen and oxygen atoms in total. The van der Waals surface area contributed by atoms with Crippen molar-refractivity contribution in [2.45, 2.75) is 44.9 Å². The van der Waals surface area contributed by atoms with E-state index in [1.807, 2.05) is 17.8 Å². The molecule has 1 aliphatic heterocycles. The number of rotatable bonds is 2. The second kappa shape index (κ2) is 4.97. The van der Waals surface area contributed by atoms with Crippen LogP contribution < -0.4 is 5.32 Å². The van der Waals surface area contributed by atoms with E-state index in [2.05, 4.69) is 31.3 Å². The Kier molecular flexibility index (Phi) is 2.94. The van der Waals surface area contributed by atoms with Gasteiger partial charge in [-0.1, -0.05) is 11.6 Å². The lowest BCUT2D eigenvalue weighted by molar-refractivity contribution is -0.116. The van der Waals surface area contributed by atoms with E-state index in [1.165, 1.54) is 18.4 Å². The quantitative estimate of drug-likeness (QED) is 0.766. The van der Waals surface area contributed by atoms with Gasteiger partial charge in [-0.3, -0.25) is 9.48 Å². The van der Waals surface area contributed by atoms with E-state index in [0.29, 0.717) is 12.3 Å². The molecule has 0 unspecified atom stereocenters. The predicted molar refractivity (Wildman–Crippen MR) is 96.0 cm³/mol. The number of aryl methyl sites for hydroxylation is 3. The number of hydrogen-bond donors (Lipinski definition) is 1. The predicted octanol–water partition coefficient (Wildman–Crippen LogP) is 4.13. The molecule has 2 aromatic heterocycles. The molecule has 1 aromatic carbocycles. The third kappa shape index (κ3) is 2.15. The highest BCUT2D eigenvalue weighted by molar-refractivity contribution is 5.95. The van der Waals surface area contributed by atoms with E-state index in [4.69, 9.17) is 9.52 Å². The van der Waals surface area contributed by atoms with Gasteiger partial charge < -0.3 is 9.73 Å². The summed E-state index contributed by atoms with van der Waals surface area (Å²) < 4.78 is 8.06. The van der Waals surface area contributed by atoms with Gasteiger partial charge in [0.2, 0.25) is 5.91 Å². The molecule has 0 radical (unpaired) electrons. The summed E-state index contributed by atoms with van der Waals surface area (Å²) in [6, 6.07) is 6.25. The van der Waals surface area contributed by atoms with Crippen LogP contribution in [-0.2, 0) is 11.8 Å². The first-order valence-corrected chi connectivity index (χ1v) is 8.89. The third-order valence-corrected chi connectivity index (χ3v) is 5.52. The number of amides is 1. The Bertz CT molecular complexity index is 1020. The lowest BCUT2D eigenvalue weighted by atomic mass is 9.87. The van der Waals surface area contributed by atoms with Gasteiger partial charge in [-0.15, -0.1) is 0 Å². The maximum Gasteiger partial charge on any atom is 0.226 e. The summed E-state index contributed by atoms with van der Waals surface area (Å²) in [5.41, 5.74) is 5.53. The lowest BCUT2D eigenvalue weighted by Gasteiger charge is -2.23. The van der Waals surface area contributed by atoms with Crippen molar-refractivity contribution in [1.29, 1.82) is 0 Å². The summed E-state index contributed by atoms with van der Waals surface area (Å²) in [4.78, 5) is 12.3. The van der Waals surface area contributed by atoms with Crippen LogP contribution in [0.25, 0.3) is 11.0 Å². The molecule has 2 aliphatic rings. The summed E-state index contributed by atoms with van der Waals surface area (Å²) in [5, 5.41) is 8.87. The average Bonchev–Trinajstić information content (AvgIpc) is 3.31. The molecular formula is C20H21N3O2. The zero-order valence-electron chi connectivity index (χ0n) is 14.7. The van der Waals surface area contributed by atoms with Gasteiger partial charge in [0.05, 0.1) is 11.6 Å². The largest absolute Gasteiger partial charge is 0.460 e. The van der Waals surface area contributed by atoms with Crippen LogP contribution in [0.2, 0.25) is 0 Å². The van der Waals surface area contributed by atoms with Crippen LogP contribution in [-0.4, -0.2) is 15.7 Å². The van der Waals surface area contributed by atoms with Crippen molar-refractivity contribution in [2.24, 2.45) is 7.05 Å². The summed E-state index contributed by atoms with van der Waals surface area (Å²) in [6.45, 7) is 4.18. The van der Waals surface area contributed by atoms with Crippen molar-refractivity contribution >= 4 is 22.7 Å². The average molecular weight is 335 g/mol. The Morgan fingerprint density at radius 3 is 2.84 bits per heavy atom. The molecule has 25 heavy (non-hydrogen) atoms. The van der Waals surface area contributed by atoms with Crippen molar-refractivity contribution < 1.29 is 9.21 Å². The molecule has 5 rings (SSSR count). The zero-order chi connectivity index (χ0) is 17.3. The third-order valence-electron chi connectivity index (χ3n) is 5.52. The van der Waals surface area contributed by atoms with Crippen LogP contribution in [0.4, 0.5) is 5.82 Å². The van der Waals surface area contributed by atoms with E-state index in [1.54, 1.807) is 0 Å². The highest BCUT2D eigenvalue weighted by atomic mass is 16.3. The minimum Gasteiger partial charge on any atom is -0.460 e. The molecule has 0 saturated heterocycles. The van der Waals surface area contributed by atoms with Crippen LogP contribution in [0.15, 0.2) is 22.6 Å². The van der Waals surface area contributed by atoms with Gasteiger partial charge in [0.1, 0.15) is 17.2 Å². The van der Waals surface area contributed by atoms with E-state index in [0.717, 1.165) is 39.4 Å². The minimum absolute atomic E-state index is 0.0267. The number of aromatic nitrogens is 2. The number of nitrogens with zero attached hydrogens (tertiary/aromatic N) is 2. The molecule has 0 spiro atoms. The second-order valence-corrected chi connectivity index (χ2v) is 7.44. The number of carbonyl (C=O) groups is 1.